The molecule has 8 heteroatoms. The first-order chi connectivity index (χ1) is 16.4. The number of aryl methyl sites for hydroxylation is 2. The standard InChI is InChI=1S/C26H24ClN3O2S2/c1-15-8-11-19-21(12-15)34-24-23(19)25(32)30(18-6-4-3-5-7-18)26(29-24)33-14-22(31)28-17-10-9-16(2)20(27)13-17/h3-7,9-10,13,15H,8,11-12,14H2,1-2H3,(H,28,31). The predicted octanol–water partition coefficient (Wildman–Crippen LogP) is 6.26. The van der Waals surface area contributed by atoms with Crippen LogP contribution >= 0.6 is 34.7 Å². The molecule has 0 saturated carbocycles. The molecule has 174 valence electrons. The van der Waals surface area contributed by atoms with Crippen LogP contribution in [0, 0.1) is 12.8 Å². The number of rotatable bonds is 5. The summed E-state index contributed by atoms with van der Waals surface area (Å²) in [6.07, 6.45) is 2.99. The molecule has 34 heavy (non-hydrogen) atoms. The number of benzene rings is 2. The Labute approximate surface area is 211 Å². The van der Waals surface area contributed by atoms with E-state index in [0.29, 0.717) is 21.8 Å². The number of thiophene rings is 1. The fourth-order valence-electron chi connectivity index (χ4n) is 4.27. The number of anilines is 1. The van der Waals surface area contributed by atoms with Crippen molar-refractivity contribution in [1.29, 1.82) is 0 Å². The second-order valence-electron chi connectivity index (χ2n) is 8.70. The largest absolute Gasteiger partial charge is 0.325 e. The van der Waals surface area contributed by atoms with Gasteiger partial charge in [0.25, 0.3) is 5.56 Å². The maximum absolute atomic E-state index is 13.8. The van der Waals surface area contributed by atoms with Crippen molar-refractivity contribution >= 4 is 56.5 Å². The SMILES string of the molecule is Cc1ccc(NC(=O)CSc2nc3sc4c(c3c(=O)n2-c2ccccc2)CCC(C)C4)cc1Cl. The second-order valence-corrected chi connectivity index (χ2v) is 11.1. The summed E-state index contributed by atoms with van der Waals surface area (Å²) in [6.45, 7) is 4.17. The van der Waals surface area contributed by atoms with Gasteiger partial charge in [-0.15, -0.1) is 11.3 Å². The number of amides is 1. The smallest absolute Gasteiger partial charge is 0.267 e. The minimum atomic E-state index is -0.182. The summed E-state index contributed by atoms with van der Waals surface area (Å²) in [4.78, 5) is 33.4. The number of thioether (sulfide) groups is 1. The molecule has 2 aromatic carbocycles. The number of carbonyl (C=O) groups excluding carboxylic acids is 1. The molecule has 1 unspecified atom stereocenters. The van der Waals surface area contributed by atoms with Crippen molar-refractivity contribution in [2.24, 2.45) is 5.92 Å². The topological polar surface area (TPSA) is 64.0 Å². The average Bonchev–Trinajstić information content (AvgIpc) is 3.18. The molecule has 0 radical (unpaired) electrons. The van der Waals surface area contributed by atoms with Crippen LogP contribution in [0.4, 0.5) is 5.69 Å². The van der Waals surface area contributed by atoms with Crippen LogP contribution in [0.3, 0.4) is 0 Å². The van der Waals surface area contributed by atoms with Crippen molar-refractivity contribution in [3.05, 3.63) is 79.9 Å². The van der Waals surface area contributed by atoms with E-state index < -0.39 is 0 Å². The van der Waals surface area contributed by atoms with Crippen molar-refractivity contribution in [3.8, 4) is 5.69 Å². The van der Waals surface area contributed by atoms with Gasteiger partial charge in [0, 0.05) is 15.6 Å². The number of aromatic nitrogens is 2. The van der Waals surface area contributed by atoms with Gasteiger partial charge in [0.1, 0.15) is 4.83 Å². The number of halogens is 1. The molecule has 0 bridgehead atoms. The van der Waals surface area contributed by atoms with Crippen LogP contribution in [0.25, 0.3) is 15.9 Å². The summed E-state index contributed by atoms with van der Waals surface area (Å²) < 4.78 is 1.65. The maximum atomic E-state index is 13.8. The molecule has 1 N–H and O–H groups in total. The van der Waals surface area contributed by atoms with Crippen molar-refractivity contribution in [1.82, 2.24) is 9.55 Å². The summed E-state index contributed by atoms with van der Waals surface area (Å²) in [5.74, 6) is 0.557. The average molecular weight is 510 g/mol. The van der Waals surface area contributed by atoms with Gasteiger partial charge in [-0.2, -0.15) is 0 Å². The molecule has 2 heterocycles. The first-order valence-corrected chi connectivity index (χ1v) is 13.4. The summed E-state index contributed by atoms with van der Waals surface area (Å²) >= 11 is 9.07. The summed E-state index contributed by atoms with van der Waals surface area (Å²) in [6, 6.07) is 14.9. The van der Waals surface area contributed by atoms with E-state index in [2.05, 4.69) is 12.2 Å². The van der Waals surface area contributed by atoms with E-state index in [4.69, 9.17) is 16.6 Å². The summed E-state index contributed by atoms with van der Waals surface area (Å²) in [5, 5.41) is 4.74. The maximum Gasteiger partial charge on any atom is 0.267 e. The van der Waals surface area contributed by atoms with Gasteiger partial charge in [-0.1, -0.05) is 54.6 Å². The Morgan fingerprint density at radius 2 is 2.06 bits per heavy atom. The third-order valence-corrected chi connectivity index (χ3v) is 8.59. The molecule has 4 aromatic rings. The van der Waals surface area contributed by atoms with Gasteiger partial charge in [0.05, 0.1) is 16.8 Å². The molecular weight excluding hydrogens is 486 g/mol. The van der Waals surface area contributed by atoms with Crippen molar-refractivity contribution < 1.29 is 4.79 Å². The summed E-state index contributed by atoms with van der Waals surface area (Å²) in [5.41, 5.74) is 3.44. The Morgan fingerprint density at radius 1 is 1.26 bits per heavy atom. The lowest BCUT2D eigenvalue weighted by Gasteiger charge is -2.17. The number of nitrogens with one attached hydrogen (secondary N) is 1. The van der Waals surface area contributed by atoms with Crippen LogP contribution in [0.15, 0.2) is 58.5 Å². The van der Waals surface area contributed by atoms with E-state index in [9.17, 15) is 9.59 Å². The Hall–Kier alpha value is -2.61. The van der Waals surface area contributed by atoms with E-state index in [0.717, 1.165) is 46.3 Å². The van der Waals surface area contributed by atoms with Crippen LogP contribution < -0.4 is 10.9 Å². The zero-order chi connectivity index (χ0) is 23.8. The number of hydrogen-bond acceptors (Lipinski definition) is 5. The van der Waals surface area contributed by atoms with Crippen LogP contribution in [-0.2, 0) is 17.6 Å². The lowest BCUT2D eigenvalue weighted by Crippen LogP contribution is -2.23. The second kappa shape index (κ2) is 9.56. The van der Waals surface area contributed by atoms with E-state index in [1.807, 2.05) is 49.4 Å². The fraction of sp³-hybridized carbons (Fsp3) is 0.269. The molecule has 0 saturated heterocycles. The van der Waals surface area contributed by atoms with E-state index >= 15 is 0 Å². The summed E-state index contributed by atoms with van der Waals surface area (Å²) in [7, 11) is 0. The molecule has 1 aliphatic rings. The number of nitrogens with zero attached hydrogens (tertiary/aromatic N) is 2. The van der Waals surface area contributed by atoms with Gasteiger partial charge in [-0.3, -0.25) is 14.2 Å². The highest BCUT2D eigenvalue weighted by Gasteiger charge is 2.25. The van der Waals surface area contributed by atoms with E-state index in [-0.39, 0.29) is 17.2 Å². The lowest BCUT2D eigenvalue weighted by molar-refractivity contribution is -0.113. The number of hydrogen-bond donors (Lipinski definition) is 1. The molecule has 1 atom stereocenters. The zero-order valence-electron chi connectivity index (χ0n) is 18.9. The van der Waals surface area contributed by atoms with Crippen LogP contribution in [-0.4, -0.2) is 21.2 Å². The van der Waals surface area contributed by atoms with Crippen LogP contribution in [0.2, 0.25) is 5.02 Å². The molecule has 0 aliphatic heterocycles. The third-order valence-electron chi connectivity index (χ3n) is 6.10. The first-order valence-electron chi connectivity index (χ1n) is 11.2. The van der Waals surface area contributed by atoms with Crippen molar-refractivity contribution in [2.75, 3.05) is 11.1 Å². The molecule has 5 nitrogen and oxygen atoms in total. The molecule has 0 spiro atoms. The monoisotopic (exact) mass is 509 g/mol. The molecular formula is C26H24ClN3O2S2. The third kappa shape index (κ3) is 4.52. The Balaban J connectivity index is 1.50. The van der Waals surface area contributed by atoms with Crippen LogP contribution in [0.1, 0.15) is 29.3 Å². The van der Waals surface area contributed by atoms with Gasteiger partial charge < -0.3 is 5.32 Å². The Morgan fingerprint density at radius 3 is 2.82 bits per heavy atom. The van der Waals surface area contributed by atoms with Gasteiger partial charge in [-0.05, 0) is 67.5 Å². The molecule has 1 amide bonds. The first kappa shape index (κ1) is 23.1. The number of para-hydroxylation sites is 1. The van der Waals surface area contributed by atoms with Gasteiger partial charge in [0.2, 0.25) is 5.91 Å². The normalized spacial score (nSPS) is 15.3. The number of carbonyl (C=O) groups is 1. The van der Waals surface area contributed by atoms with Crippen molar-refractivity contribution in [3.63, 3.8) is 0 Å². The minimum Gasteiger partial charge on any atom is -0.325 e. The van der Waals surface area contributed by atoms with Crippen molar-refractivity contribution in [2.45, 2.75) is 38.3 Å². The highest BCUT2D eigenvalue weighted by Crippen LogP contribution is 2.37. The quantitative estimate of drug-likeness (QED) is 0.254. The zero-order valence-corrected chi connectivity index (χ0v) is 21.3. The highest BCUT2D eigenvalue weighted by atomic mass is 35.5. The number of fused-ring (bicyclic) bond motifs is 3. The van der Waals surface area contributed by atoms with Gasteiger partial charge in [-0.25, -0.2) is 4.98 Å². The van der Waals surface area contributed by atoms with Crippen LogP contribution in [0.5, 0.6) is 0 Å². The lowest BCUT2D eigenvalue weighted by atomic mass is 9.89. The van der Waals surface area contributed by atoms with E-state index in [1.165, 1.54) is 16.6 Å². The van der Waals surface area contributed by atoms with Gasteiger partial charge >= 0.3 is 0 Å². The molecule has 5 rings (SSSR count). The minimum absolute atomic E-state index is 0.0588. The molecule has 0 fully saturated rings. The molecule has 1 aliphatic carbocycles. The fourth-order valence-corrected chi connectivity index (χ4v) is 6.69. The predicted molar refractivity (Wildman–Crippen MR) is 142 cm³/mol. The Kier molecular flexibility index (Phi) is 6.51. The van der Waals surface area contributed by atoms with Gasteiger partial charge in [0.15, 0.2) is 5.16 Å². The highest BCUT2D eigenvalue weighted by molar-refractivity contribution is 7.99. The Bertz CT molecular complexity index is 1450. The molecule has 2 aromatic heterocycles. The van der Waals surface area contributed by atoms with E-state index in [1.54, 1.807) is 22.0 Å².